The molecule has 0 heterocycles. The Bertz CT molecular complexity index is 180. The maximum Gasteiger partial charge on any atom is 0.0625 e. The first-order valence-electron chi connectivity index (χ1n) is 4.68. The minimum atomic E-state index is 0.607. The molecule has 0 atom stereocenters. The van der Waals surface area contributed by atoms with Crippen LogP contribution < -0.4 is 0 Å². The lowest BCUT2D eigenvalue weighted by molar-refractivity contribution is 0.729. The van der Waals surface area contributed by atoms with E-state index in [0.717, 1.165) is 12.8 Å². The molecule has 1 nitrogen and oxygen atoms in total. The molecule has 0 aromatic carbocycles. The van der Waals surface area contributed by atoms with E-state index in [1.807, 2.05) is 6.08 Å². The van der Waals surface area contributed by atoms with E-state index in [0.29, 0.717) is 6.42 Å². The van der Waals surface area contributed by atoms with Crippen molar-refractivity contribution >= 4 is 0 Å². The van der Waals surface area contributed by atoms with Gasteiger partial charge in [0, 0.05) is 6.42 Å². The largest absolute Gasteiger partial charge is 0.198 e. The van der Waals surface area contributed by atoms with Crippen molar-refractivity contribution in [1.82, 2.24) is 0 Å². The van der Waals surface area contributed by atoms with E-state index in [4.69, 9.17) is 5.26 Å². The summed E-state index contributed by atoms with van der Waals surface area (Å²) >= 11 is 0. The second-order valence-electron chi connectivity index (χ2n) is 2.77. The lowest BCUT2D eigenvalue weighted by Crippen LogP contribution is -1.69. The van der Waals surface area contributed by atoms with Crippen LogP contribution in [0.4, 0.5) is 0 Å². The average Bonchev–Trinajstić information content (AvgIpc) is 2.10. The van der Waals surface area contributed by atoms with Gasteiger partial charge in [-0.15, -0.1) is 5.73 Å². The highest BCUT2D eigenvalue weighted by atomic mass is 14.2. The third-order valence-corrected chi connectivity index (χ3v) is 1.59. The minimum Gasteiger partial charge on any atom is -0.198 e. The molecule has 0 aliphatic carbocycles. The summed E-state index contributed by atoms with van der Waals surface area (Å²) in [5, 5.41) is 8.23. The van der Waals surface area contributed by atoms with Crippen LogP contribution in [-0.4, -0.2) is 0 Å². The molecule has 66 valence electrons. The summed E-state index contributed by atoms with van der Waals surface area (Å²) < 4.78 is 0. The van der Waals surface area contributed by atoms with E-state index in [9.17, 15) is 0 Å². The number of rotatable bonds is 6. The molecule has 0 N–H and O–H groups in total. The van der Waals surface area contributed by atoms with Crippen LogP contribution in [-0.2, 0) is 0 Å². The van der Waals surface area contributed by atoms with Crippen LogP contribution in [0.15, 0.2) is 17.9 Å². The highest BCUT2D eigenvalue weighted by Gasteiger charge is 1.79. The van der Waals surface area contributed by atoms with Crippen molar-refractivity contribution < 1.29 is 0 Å². The summed E-state index contributed by atoms with van der Waals surface area (Å²) in [6, 6.07) is 2.09. The summed E-state index contributed by atoms with van der Waals surface area (Å²) in [7, 11) is 0. The van der Waals surface area contributed by atoms with Gasteiger partial charge in [-0.2, -0.15) is 5.26 Å². The van der Waals surface area contributed by atoms with Gasteiger partial charge >= 0.3 is 0 Å². The smallest absolute Gasteiger partial charge is 0.0625 e. The Morgan fingerprint density at radius 1 is 1.17 bits per heavy atom. The van der Waals surface area contributed by atoms with Crippen LogP contribution in [0.1, 0.15) is 45.4 Å². The Labute approximate surface area is 75.4 Å². The zero-order valence-electron chi connectivity index (χ0n) is 7.84. The van der Waals surface area contributed by atoms with Crippen LogP contribution in [0.2, 0.25) is 0 Å². The lowest BCUT2D eigenvalue weighted by Gasteiger charge is -1.88. The Morgan fingerprint density at radius 3 is 2.58 bits per heavy atom. The van der Waals surface area contributed by atoms with Gasteiger partial charge in [-0.3, -0.25) is 0 Å². The second-order valence-corrected chi connectivity index (χ2v) is 2.77. The molecule has 0 saturated heterocycles. The Morgan fingerprint density at radius 2 is 1.92 bits per heavy atom. The predicted octanol–water partition coefficient (Wildman–Crippen LogP) is 3.58. The minimum absolute atomic E-state index is 0.607. The molecule has 0 amide bonds. The molecule has 1 heteroatoms. The van der Waals surface area contributed by atoms with Gasteiger partial charge in [0.25, 0.3) is 0 Å². The van der Waals surface area contributed by atoms with Gasteiger partial charge in [-0.1, -0.05) is 19.8 Å². The highest BCUT2D eigenvalue weighted by Crippen LogP contribution is 1.98. The zero-order valence-corrected chi connectivity index (χ0v) is 7.84. The van der Waals surface area contributed by atoms with Gasteiger partial charge < -0.3 is 0 Å². The molecule has 0 aliphatic rings. The third kappa shape index (κ3) is 9.01. The van der Waals surface area contributed by atoms with E-state index in [1.54, 1.807) is 0 Å². The second kappa shape index (κ2) is 10.0. The third-order valence-electron chi connectivity index (χ3n) is 1.59. The molecule has 0 bridgehead atoms. The number of nitrogens with zero attached hydrogens (tertiary/aromatic N) is 1. The monoisotopic (exact) mass is 163 g/mol. The van der Waals surface area contributed by atoms with Crippen molar-refractivity contribution in [3.8, 4) is 6.07 Å². The van der Waals surface area contributed by atoms with Crippen molar-refractivity contribution in [3.63, 3.8) is 0 Å². The molecule has 0 unspecified atom stereocenters. The van der Waals surface area contributed by atoms with Crippen LogP contribution in [0.3, 0.4) is 0 Å². The van der Waals surface area contributed by atoms with Crippen LogP contribution in [0.5, 0.6) is 0 Å². The molecular weight excluding hydrogens is 146 g/mol. The molecule has 12 heavy (non-hydrogen) atoms. The highest BCUT2D eigenvalue weighted by molar-refractivity contribution is 4.87. The van der Waals surface area contributed by atoms with E-state index >= 15 is 0 Å². The van der Waals surface area contributed by atoms with Gasteiger partial charge in [0.05, 0.1) is 6.07 Å². The van der Waals surface area contributed by atoms with Gasteiger partial charge in [-0.25, -0.2) is 0 Å². The summed E-state index contributed by atoms with van der Waals surface area (Å²) in [5.74, 6) is 0. The fourth-order valence-corrected chi connectivity index (χ4v) is 0.883. The van der Waals surface area contributed by atoms with E-state index in [-0.39, 0.29) is 0 Å². The van der Waals surface area contributed by atoms with Gasteiger partial charge in [0.2, 0.25) is 0 Å². The van der Waals surface area contributed by atoms with Crippen molar-refractivity contribution in [3.05, 3.63) is 17.9 Å². The van der Waals surface area contributed by atoms with Gasteiger partial charge in [0.1, 0.15) is 0 Å². The first-order chi connectivity index (χ1) is 5.91. The lowest BCUT2D eigenvalue weighted by atomic mass is 10.2. The molecule has 0 saturated carbocycles. The van der Waals surface area contributed by atoms with E-state index in [2.05, 4.69) is 24.8 Å². The van der Waals surface area contributed by atoms with Gasteiger partial charge in [-0.05, 0) is 31.4 Å². The number of allylic oxidation sites excluding steroid dienone is 1. The Kier molecular flexibility index (Phi) is 9.18. The summed E-state index contributed by atoms with van der Waals surface area (Å²) in [6.07, 6.45) is 10.4. The number of hydrogen-bond donors (Lipinski definition) is 0. The van der Waals surface area contributed by atoms with E-state index in [1.165, 1.54) is 19.3 Å². The zero-order chi connectivity index (χ0) is 9.07. The maximum absolute atomic E-state index is 8.23. The number of hydrogen-bond acceptors (Lipinski definition) is 1. The molecule has 0 fully saturated rings. The van der Waals surface area contributed by atoms with Crippen molar-refractivity contribution in [2.24, 2.45) is 0 Å². The van der Waals surface area contributed by atoms with Crippen LogP contribution >= 0.6 is 0 Å². The fraction of sp³-hybridized carbons (Fsp3) is 0.636. The molecule has 0 radical (unpaired) electrons. The standard InChI is InChI=1S/C11H17N/c1-2-3-4-5-6-7-8-9-10-11-12/h6,8H,2-5,9-10H2,1H3. The fourth-order valence-electron chi connectivity index (χ4n) is 0.883. The van der Waals surface area contributed by atoms with Crippen LogP contribution in [0, 0.1) is 11.3 Å². The quantitative estimate of drug-likeness (QED) is 0.433. The maximum atomic E-state index is 8.23. The molecule has 0 spiro atoms. The summed E-state index contributed by atoms with van der Waals surface area (Å²) in [6.45, 7) is 2.20. The first-order valence-corrected chi connectivity index (χ1v) is 4.68. The topological polar surface area (TPSA) is 23.8 Å². The Balaban J connectivity index is 3.23. The van der Waals surface area contributed by atoms with Gasteiger partial charge in [0.15, 0.2) is 0 Å². The molecule has 0 aromatic rings. The van der Waals surface area contributed by atoms with Crippen molar-refractivity contribution in [2.45, 2.75) is 45.4 Å². The predicted molar refractivity (Wildman–Crippen MR) is 51.6 cm³/mol. The normalized spacial score (nSPS) is 8.33. The average molecular weight is 163 g/mol. The van der Waals surface area contributed by atoms with Crippen LogP contribution in [0.25, 0.3) is 0 Å². The summed E-state index contributed by atoms with van der Waals surface area (Å²) in [4.78, 5) is 0. The molecule has 0 rings (SSSR count). The first kappa shape index (κ1) is 11.0. The van der Waals surface area contributed by atoms with Crippen molar-refractivity contribution in [1.29, 1.82) is 5.26 Å². The molecule has 0 aliphatic heterocycles. The number of unbranched alkanes of at least 4 members (excludes halogenated alkanes) is 4. The molecule has 0 aromatic heterocycles. The Hall–Kier alpha value is -0.990. The summed E-state index contributed by atoms with van der Waals surface area (Å²) in [5.41, 5.74) is 3.08. The van der Waals surface area contributed by atoms with Crippen molar-refractivity contribution in [2.75, 3.05) is 0 Å². The molecular formula is C11H17N. The SMILES string of the molecule is CCCCCC=C=CCCC#N. The van der Waals surface area contributed by atoms with E-state index < -0.39 is 0 Å². The number of nitriles is 1.